The lowest BCUT2D eigenvalue weighted by Gasteiger charge is -2.18. The van der Waals surface area contributed by atoms with E-state index < -0.39 is 12.3 Å². The average Bonchev–Trinajstić information content (AvgIpc) is 2.08. The quantitative estimate of drug-likeness (QED) is 0.793. The van der Waals surface area contributed by atoms with Crippen LogP contribution in [0, 0.1) is 13.8 Å². The first-order valence-corrected chi connectivity index (χ1v) is 4.62. The lowest BCUT2D eigenvalue weighted by Crippen LogP contribution is -2.21. The van der Waals surface area contributed by atoms with E-state index in [2.05, 4.69) is 0 Å². The molecule has 0 fully saturated rings. The Hall–Kier alpha value is -0.740. The number of hydrogen-bond acceptors (Lipinski definition) is 1. The van der Waals surface area contributed by atoms with E-state index in [4.69, 9.17) is 16.7 Å². The van der Waals surface area contributed by atoms with Crippen LogP contribution in [0.2, 0.25) is 5.02 Å². The molecule has 1 unspecified atom stereocenters. The van der Waals surface area contributed by atoms with Crippen LogP contribution >= 0.6 is 11.6 Å². The summed E-state index contributed by atoms with van der Waals surface area (Å²) in [5.41, 5.74) is 0.845. The first kappa shape index (κ1) is 12.3. The summed E-state index contributed by atoms with van der Waals surface area (Å²) < 4.78 is 36.9. The summed E-state index contributed by atoms with van der Waals surface area (Å²) in [7, 11) is 0. The maximum Gasteiger partial charge on any atom is 0.418 e. The molecule has 0 heterocycles. The number of benzene rings is 1. The molecule has 0 bridgehead atoms. The van der Waals surface area contributed by atoms with Gasteiger partial charge >= 0.3 is 6.18 Å². The third-order valence-electron chi connectivity index (χ3n) is 2.28. The summed E-state index contributed by atoms with van der Waals surface area (Å²) >= 11 is 5.64. The number of aryl methyl sites for hydroxylation is 1. The second-order valence-electron chi connectivity index (χ2n) is 3.38. The molecule has 0 aliphatic rings. The van der Waals surface area contributed by atoms with E-state index in [0.717, 1.165) is 6.07 Å². The van der Waals surface area contributed by atoms with E-state index in [-0.39, 0.29) is 10.6 Å². The van der Waals surface area contributed by atoms with E-state index in [1.165, 1.54) is 6.92 Å². The van der Waals surface area contributed by atoms with Gasteiger partial charge in [-0.2, -0.15) is 13.2 Å². The SMILES string of the molecule is Cc1cc(Cl)cc(C(O)C(F)(F)F)c1C. The molecule has 1 N–H and O–H groups in total. The second kappa shape index (κ2) is 4.02. The third-order valence-corrected chi connectivity index (χ3v) is 2.50. The van der Waals surface area contributed by atoms with Gasteiger partial charge in [-0.25, -0.2) is 0 Å². The Balaban J connectivity index is 3.25. The molecule has 0 amide bonds. The fourth-order valence-electron chi connectivity index (χ4n) is 1.30. The lowest BCUT2D eigenvalue weighted by molar-refractivity contribution is -0.206. The molecule has 1 atom stereocenters. The maximum absolute atomic E-state index is 12.3. The van der Waals surface area contributed by atoms with Crippen molar-refractivity contribution >= 4 is 11.6 Å². The standard InChI is InChI=1S/C10H10ClF3O/c1-5-3-7(11)4-8(6(5)2)9(15)10(12,13)14/h3-4,9,15H,1-2H3. The molecule has 1 rings (SSSR count). The van der Waals surface area contributed by atoms with Gasteiger partial charge in [0.25, 0.3) is 0 Å². The van der Waals surface area contributed by atoms with E-state index in [1.54, 1.807) is 13.0 Å². The molecule has 0 aliphatic carbocycles. The van der Waals surface area contributed by atoms with Crippen LogP contribution in [0.5, 0.6) is 0 Å². The summed E-state index contributed by atoms with van der Waals surface area (Å²) in [6.45, 7) is 3.17. The Morgan fingerprint density at radius 2 is 1.80 bits per heavy atom. The van der Waals surface area contributed by atoms with Gasteiger partial charge in [0.1, 0.15) is 0 Å². The molecule has 0 radical (unpaired) electrons. The van der Waals surface area contributed by atoms with Crippen molar-refractivity contribution in [3.05, 3.63) is 33.8 Å². The van der Waals surface area contributed by atoms with Crippen LogP contribution in [0.25, 0.3) is 0 Å². The minimum atomic E-state index is -4.66. The van der Waals surface area contributed by atoms with Gasteiger partial charge in [0.15, 0.2) is 6.10 Å². The number of aliphatic hydroxyl groups is 1. The maximum atomic E-state index is 12.3. The Morgan fingerprint density at radius 3 is 2.27 bits per heavy atom. The first-order chi connectivity index (χ1) is 6.73. The summed E-state index contributed by atoms with van der Waals surface area (Å²) in [5, 5.41) is 9.29. The molecule has 0 saturated heterocycles. The van der Waals surface area contributed by atoms with Crippen LogP contribution in [0.1, 0.15) is 22.8 Å². The molecule has 5 heteroatoms. The summed E-state index contributed by atoms with van der Waals surface area (Å²) in [5.74, 6) is 0. The predicted octanol–water partition coefficient (Wildman–Crippen LogP) is 3.55. The van der Waals surface area contributed by atoms with Crippen molar-refractivity contribution in [3.8, 4) is 0 Å². The number of alkyl halides is 3. The van der Waals surface area contributed by atoms with Gasteiger partial charge in [0.05, 0.1) is 0 Å². The molecule has 0 saturated carbocycles. The van der Waals surface area contributed by atoms with Crippen LogP contribution in [0.4, 0.5) is 13.2 Å². The first-order valence-electron chi connectivity index (χ1n) is 4.25. The van der Waals surface area contributed by atoms with Crippen molar-refractivity contribution in [2.24, 2.45) is 0 Å². The fraction of sp³-hybridized carbons (Fsp3) is 0.400. The Labute approximate surface area is 90.5 Å². The van der Waals surface area contributed by atoms with Gasteiger partial charge in [-0.3, -0.25) is 0 Å². The molecule has 1 aromatic rings. The van der Waals surface area contributed by atoms with Gasteiger partial charge < -0.3 is 5.11 Å². The number of rotatable bonds is 1. The normalized spacial score (nSPS) is 14.1. The summed E-state index contributed by atoms with van der Waals surface area (Å²) in [4.78, 5) is 0. The highest BCUT2D eigenvalue weighted by Gasteiger charge is 2.40. The Kier molecular flexibility index (Phi) is 3.31. The zero-order valence-electron chi connectivity index (χ0n) is 8.19. The summed E-state index contributed by atoms with van der Waals surface area (Å²) in [6, 6.07) is 2.70. The zero-order valence-corrected chi connectivity index (χ0v) is 8.95. The predicted molar refractivity (Wildman–Crippen MR) is 51.9 cm³/mol. The van der Waals surface area contributed by atoms with Crippen LogP contribution in [0.3, 0.4) is 0 Å². The van der Waals surface area contributed by atoms with E-state index in [1.807, 2.05) is 0 Å². The van der Waals surface area contributed by atoms with Crippen molar-refractivity contribution in [3.63, 3.8) is 0 Å². The van der Waals surface area contributed by atoms with Crippen LogP contribution in [-0.2, 0) is 0 Å². The van der Waals surface area contributed by atoms with Gasteiger partial charge in [0.2, 0.25) is 0 Å². The van der Waals surface area contributed by atoms with Crippen molar-refractivity contribution in [2.45, 2.75) is 26.1 Å². The molecule has 0 aromatic heterocycles. The molecular formula is C10H10ClF3O. The highest BCUT2D eigenvalue weighted by atomic mass is 35.5. The van der Waals surface area contributed by atoms with E-state index in [0.29, 0.717) is 11.1 Å². The van der Waals surface area contributed by atoms with Gasteiger partial charge in [-0.05, 0) is 42.7 Å². The van der Waals surface area contributed by atoms with Crippen LogP contribution in [-0.4, -0.2) is 11.3 Å². The smallest absolute Gasteiger partial charge is 0.379 e. The van der Waals surface area contributed by atoms with E-state index in [9.17, 15) is 13.2 Å². The van der Waals surface area contributed by atoms with Gasteiger partial charge in [0, 0.05) is 5.02 Å². The molecular weight excluding hydrogens is 229 g/mol. The largest absolute Gasteiger partial charge is 0.418 e. The highest BCUT2D eigenvalue weighted by molar-refractivity contribution is 6.30. The zero-order chi connectivity index (χ0) is 11.8. The van der Waals surface area contributed by atoms with Crippen molar-refractivity contribution in [1.82, 2.24) is 0 Å². The molecule has 84 valence electrons. The van der Waals surface area contributed by atoms with Gasteiger partial charge in [-0.1, -0.05) is 11.6 Å². The number of halogens is 4. The lowest BCUT2D eigenvalue weighted by atomic mass is 9.99. The minimum Gasteiger partial charge on any atom is -0.379 e. The van der Waals surface area contributed by atoms with E-state index >= 15 is 0 Å². The molecule has 1 nitrogen and oxygen atoms in total. The minimum absolute atomic E-state index is 0.187. The monoisotopic (exact) mass is 238 g/mol. The van der Waals surface area contributed by atoms with Crippen LogP contribution in [0.15, 0.2) is 12.1 Å². The Bertz CT molecular complexity index is 374. The fourth-order valence-corrected chi connectivity index (χ4v) is 1.58. The van der Waals surface area contributed by atoms with Crippen molar-refractivity contribution in [1.29, 1.82) is 0 Å². The van der Waals surface area contributed by atoms with Crippen molar-refractivity contribution in [2.75, 3.05) is 0 Å². The van der Waals surface area contributed by atoms with Gasteiger partial charge in [-0.15, -0.1) is 0 Å². The summed E-state index contributed by atoms with van der Waals surface area (Å²) in [6.07, 6.45) is -7.14. The van der Waals surface area contributed by atoms with Crippen molar-refractivity contribution < 1.29 is 18.3 Å². The molecule has 15 heavy (non-hydrogen) atoms. The van der Waals surface area contributed by atoms with Crippen LogP contribution < -0.4 is 0 Å². The third kappa shape index (κ3) is 2.63. The molecule has 0 aliphatic heterocycles. The Morgan fingerprint density at radius 1 is 1.27 bits per heavy atom. The highest BCUT2D eigenvalue weighted by Crippen LogP contribution is 2.36. The number of aliphatic hydroxyl groups excluding tert-OH is 1. The molecule has 0 spiro atoms. The topological polar surface area (TPSA) is 20.2 Å². The average molecular weight is 239 g/mol. The second-order valence-corrected chi connectivity index (χ2v) is 3.82. The molecule has 1 aromatic carbocycles. The number of hydrogen-bond donors (Lipinski definition) is 1.